The van der Waals surface area contributed by atoms with Crippen LogP contribution in [0.25, 0.3) is 17.0 Å². The van der Waals surface area contributed by atoms with Crippen molar-refractivity contribution in [3.05, 3.63) is 41.6 Å². The lowest BCUT2D eigenvalue weighted by Crippen LogP contribution is -2.46. The van der Waals surface area contributed by atoms with E-state index in [1.165, 1.54) is 7.11 Å². The predicted molar refractivity (Wildman–Crippen MR) is 96.8 cm³/mol. The van der Waals surface area contributed by atoms with Crippen molar-refractivity contribution in [2.75, 3.05) is 13.7 Å². The van der Waals surface area contributed by atoms with Gasteiger partial charge in [-0.1, -0.05) is 24.3 Å². The summed E-state index contributed by atoms with van der Waals surface area (Å²) in [5.41, 5.74) is 1.98. The Morgan fingerprint density at radius 1 is 1.31 bits per heavy atom. The third-order valence-corrected chi connectivity index (χ3v) is 5.56. The Morgan fingerprint density at radius 2 is 2.12 bits per heavy atom. The van der Waals surface area contributed by atoms with Crippen LogP contribution in [0.15, 0.2) is 30.3 Å². The molecule has 0 spiro atoms. The molecule has 0 bridgehead atoms. The predicted octanol–water partition coefficient (Wildman–Crippen LogP) is 2.78. The molecular formula is C20H20N2O4. The molecule has 1 saturated heterocycles. The summed E-state index contributed by atoms with van der Waals surface area (Å²) < 4.78 is 6.56. The molecule has 0 saturated carbocycles. The summed E-state index contributed by atoms with van der Waals surface area (Å²) in [7, 11) is 1.36. The largest absolute Gasteiger partial charge is 0.452 e. The second kappa shape index (κ2) is 6.12. The SMILES string of the molecule is COC(=O)n1c2c(c3ccccc31)CCN1C(=O)CC[C@]1(CC=O)/C=C\2. The fourth-order valence-corrected chi connectivity index (χ4v) is 4.30. The molecule has 0 aliphatic carbocycles. The van der Waals surface area contributed by atoms with Crippen molar-refractivity contribution in [3.8, 4) is 0 Å². The molecule has 0 radical (unpaired) electrons. The molecule has 1 amide bonds. The van der Waals surface area contributed by atoms with Gasteiger partial charge in [-0.15, -0.1) is 0 Å². The summed E-state index contributed by atoms with van der Waals surface area (Å²) in [4.78, 5) is 37.9. The van der Waals surface area contributed by atoms with Gasteiger partial charge in [0.15, 0.2) is 0 Å². The topological polar surface area (TPSA) is 68.6 Å². The monoisotopic (exact) mass is 352 g/mol. The third kappa shape index (κ3) is 2.29. The van der Waals surface area contributed by atoms with Crippen LogP contribution >= 0.6 is 0 Å². The van der Waals surface area contributed by atoms with Crippen LogP contribution in [-0.2, 0) is 20.7 Å². The van der Waals surface area contributed by atoms with Crippen LogP contribution in [-0.4, -0.2) is 46.9 Å². The first-order valence-corrected chi connectivity index (χ1v) is 8.75. The lowest BCUT2D eigenvalue weighted by molar-refractivity contribution is -0.130. The zero-order valence-corrected chi connectivity index (χ0v) is 14.6. The molecule has 1 aromatic carbocycles. The van der Waals surface area contributed by atoms with Gasteiger partial charge in [0.25, 0.3) is 0 Å². The highest BCUT2D eigenvalue weighted by Crippen LogP contribution is 2.38. The maximum atomic E-state index is 12.4. The Labute approximate surface area is 151 Å². The van der Waals surface area contributed by atoms with E-state index in [0.717, 1.165) is 28.4 Å². The number of rotatable bonds is 2. The van der Waals surface area contributed by atoms with Gasteiger partial charge in [-0.25, -0.2) is 9.36 Å². The average molecular weight is 352 g/mol. The van der Waals surface area contributed by atoms with Gasteiger partial charge in [0, 0.05) is 24.8 Å². The number of hydrogen-bond acceptors (Lipinski definition) is 4. The lowest BCUT2D eigenvalue weighted by atomic mass is 9.89. The molecule has 134 valence electrons. The minimum Gasteiger partial charge on any atom is -0.452 e. The molecule has 6 heteroatoms. The number of nitrogens with zero attached hydrogens (tertiary/aromatic N) is 2. The number of para-hydroxylation sites is 1. The number of carbonyl (C=O) groups excluding carboxylic acids is 3. The summed E-state index contributed by atoms with van der Waals surface area (Å²) in [6.07, 6.45) is 6.17. The molecule has 6 nitrogen and oxygen atoms in total. The van der Waals surface area contributed by atoms with Crippen LogP contribution in [0.5, 0.6) is 0 Å². The van der Waals surface area contributed by atoms with Crippen molar-refractivity contribution >= 4 is 35.3 Å². The fourth-order valence-electron chi connectivity index (χ4n) is 4.30. The highest BCUT2D eigenvalue weighted by Gasteiger charge is 2.43. The first-order valence-electron chi connectivity index (χ1n) is 8.75. The van der Waals surface area contributed by atoms with E-state index >= 15 is 0 Å². The maximum Gasteiger partial charge on any atom is 0.418 e. The number of aldehydes is 1. The van der Waals surface area contributed by atoms with Gasteiger partial charge in [-0.05, 0) is 30.5 Å². The van der Waals surface area contributed by atoms with Gasteiger partial charge < -0.3 is 14.4 Å². The molecular weight excluding hydrogens is 332 g/mol. The Bertz CT molecular complexity index is 943. The molecule has 1 atom stereocenters. The smallest absolute Gasteiger partial charge is 0.418 e. The number of hydrogen-bond donors (Lipinski definition) is 0. The molecule has 2 aliphatic heterocycles. The number of ether oxygens (including phenoxy) is 1. The Kier molecular flexibility index (Phi) is 3.90. The van der Waals surface area contributed by atoms with Crippen molar-refractivity contribution in [3.63, 3.8) is 0 Å². The summed E-state index contributed by atoms with van der Waals surface area (Å²) in [5, 5.41) is 0.979. The lowest BCUT2D eigenvalue weighted by Gasteiger charge is -2.36. The molecule has 4 rings (SSSR count). The highest BCUT2D eigenvalue weighted by atomic mass is 16.5. The van der Waals surface area contributed by atoms with Crippen LogP contribution in [0, 0.1) is 0 Å². The normalized spacial score (nSPS) is 23.1. The van der Waals surface area contributed by atoms with Crippen LogP contribution in [0.3, 0.4) is 0 Å². The van der Waals surface area contributed by atoms with Crippen LogP contribution in [0.2, 0.25) is 0 Å². The van der Waals surface area contributed by atoms with Crippen molar-refractivity contribution in [2.45, 2.75) is 31.2 Å². The fraction of sp³-hybridized carbons (Fsp3) is 0.350. The van der Waals surface area contributed by atoms with Crippen LogP contribution in [0.4, 0.5) is 4.79 Å². The van der Waals surface area contributed by atoms with Gasteiger partial charge in [-0.2, -0.15) is 0 Å². The Hall–Kier alpha value is -2.89. The van der Waals surface area contributed by atoms with Gasteiger partial charge in [0.05, 0.1) is 23.9 Å². The van der Waals surface area contributed by atoms with Gasteiger partial charge in [0.2, 0.25) is 5.91 Å². The number of benzene rings is 1. The minimum absolute atomic E-state index is 0.0802. The first-order chi connectivity index (χ1) is 12.6. The molecule has 2 aromatic rings. The molecule has 0 unspecified atom stereocenters. The highest BCUT2D eigenvalue weighted by molar-refractivity contribution is 5.96. The zero-order chi connectivity index (χ0) is 18.3. The van der Waals surface area contributed by atoms with Crippen LogP contribution < -0.4 is 0 Å². The zero-order valence-electron chi connectivity index (χ0n) is 14.6. The van der Waals surface area contributed by atoms with Gasteiger partial charge in [0.1, 0.15) is 6.29 Å². The van der Waals surface area contributed by atoms with Crippen molar-refractivity contribution in [1.82, 2.24) is 9.47 Å². The van der Waals surface area contributed by atoms with E-state index in [0.29, 0.717) is 25.8 Å². The van der Waals surface area contributed by atoms with E-state index in [4.69, 9.17) is 4.74 Å². The molecule has 3 heterocycles. The number of carbonyl (C=O) groups is 3. The quantitative estimate of drug-likeness (QED) is 0.780. The Morgan fingerprint density at radius 3 is 2.88 bits per heavy atom. The molecule has 2 aliphatic rings. The average Bonchev–Trinajstić information content (AvgIpc) is 3.11. The van der Waals surface area contributed by atoms with Crippen molar-refractivity contribution < 1.29 is 19.1 Å². The first kappa shape index (κ1) is 16.6. The number of amides is 1. The second-order valence-electron chi connectivity index (χ2n) is 6.79. The molecule has 1 aromatic heterocycles. The van der Waals surface area contributed by atoms with E-state index in [1.54, 1.807) is 4.57 Å². The van der Waals surface area contributed by atoms with E-state index in [1.807, 2.05) is 41.3 Å². The van der Waals surface area contributed by atoms with Crippen LogP contribution in [0.1, 0.15) is 30.5 Å². The minimum atomic E-state index is -0.589. The molecule has 0 N–H and O–H groups in total. The Balaban J connectivity index is 1.94. The van der Waals surface area contributed by atoms with Crippen molar-refractivity contribution in [1.29, 1.82) is 0 Å². The maximum absolute atomic E-state index is 12.4. The number of methoxy groups -OCH3 is 1. The van der Waals surface area contributed by atoms with E-state index in [2.05, 4.69) is 0 Å². The summed E-state index contributed by atoms with van der Waals surface area (Å²) in [6, 6.07) is 7.69. The van der Waals surface area contributed by atoms with E-state index in [-0.39, 0.29) is 12.3 Å². The second-order valence-corrected chi connectivity index (χ2v) is 6.79. The van der Waals surface area contributed by atoms with E-state index < -0.39 is 11.6 Å². The van der Waals surface area contributed by atoms with Crippen molar-refractivity contribution in [2.24, 2.45) is 0 Å². The molecule has 1 fully saturated rings. The molecule has 26 heavy (non-hydrogen) atoms. The standard InChI is InChI=1S/C20H20N2O4/c1-26-19(25)22-16-5-3-2-4-14(16)15-8-12-21-18(24)7-10-20(21,11-13-23)9-6-17(15)22/h2-6,9,13H,7-8,10-12H2,1H3/b9-6-/t20-/m0/s1. The number of aromatic nitrogens is 1. The summed E-state index contributed by atoms with van der Waals surface area (Å²) in [6.45, 7) is 0.527. The number of fused-ring (bicyclic) bond motifs is 4. The summed E-state index contributed by atoms with van der Waals surface area (Å²) >= 11 is 0. The van der Waals surface area contributed by atoms with Gasteiger partial charge in [-0.3, -0.25) is 4.79 Å². The third-order valence-electron chi connectivity index (χ3n) is 5.56. The van der Waals surface area contributed by atoms with Gasteiger partial charge >= 0.3 is 6.09 Å². The summed E-state index contributed by atoms with van der Waals surface area (Å²) in [5.74, 6) is 0.0802. The van der Waals surface area contributed by atoms with E-state index in [9.17, 15) is 14.4 Å².